The molecule has 1 aliphatic carbocycles. The van der Waals surface area contributed by atoms with E-state index in [9.17, 15) is 9.59 Å². The molecule has 0 bridgehead atoms. The van der Waals surface area contributed by atoms with Gasteiger partial charge in [0.15, 0.2) is 5.82 Å². The number of aromatic nitrogens is 2. The van der Waals surface area contributed by atoms with Crippen LogP contribution < -0.4 is 20.9 Å². The monoisotopic (exact) mass is 468 g/mol. The maximum Gasteiger partial charge on any atom is 0.420 e. The highest BCUT2D eigenvalue weighted by atomic mass is 16.5. The van der Waals surface area contributed by atoms with E-state index in [2.05, 4.69) is 15.6 Å². The number of nitrogens with two attached hydrogens (primary N) is 1. The van der Waals surface area contributed by atoms with Gasteiger partial charge in [0.25, 0.3) is 5.91 Å². The van der Waals surface area contributed by atoms with Crippen molar-refractivity contribution in [3.05, 3.63) is 36.0 Å². The van der Waals surface area contributed by atoms with Crippen molar-refractivity contribution in [3.8, 4) is 0 Å². The van der Waals surface area contributed by atoms with E-state index in [-0.39, 0.29) is 11.9 Å². The van der Waals surface area contributed by atoms with E-state index in [0.29, 0.717) is 61.9 Å². The van der Waals surface area contributed by atoms with Crippen LogP contribution in [0.5, 0.6) is 0 Å². The van der Waals surface area contributed by atoms with E-state index in [1.165, 1.54) is 12.8 Å². The number of benzene rings is 1. The number of primary amides is 1. The fourth-order valence-electron chi connectivity index (χ4n) is 4.26. The number of rotatable bonds is 7. The van der Waals surface area contributed by atoms with Crippen LogP contribution >= 0.6 is 0 Å². The predicted octanol–water partition coefficient (Wildman–Crippen LogP) is 2.19. The van der Waals surface area contributed by atoms with E-state index in [1.54, 1.807) is 35.6 Å². The zero-order chi connectivity index (χ0) is 23.9. The quantitative estimate of drug-likeness (QED) is 0.570. The summed E-state index contributed by atoms with van der Waals surface area (Å²) in [5.74, 6) is 1.08. The van der Waals surface area contributed by atoms with E-state index < -0.39 is 0 Å². The van der Waals surface area contributed by atoms with Gasteiger partial charge in [-0.15, -0.1) is 0 Å². The zero-order valence-electron chi connectivity index (χ0n) is 19.9. The molecule has 2 heterocycles. The Kier molecular flexibility index (Phi) is 7.91. The average molecular weight is 469 g/mol. The maximum atomic E-state index is 12.7. The molecule has 1 saturated heterocycles. The fourth-order valence-corrected chi connectivity index (χ4v) is 4.26. The molecule has 1 saturated carbocycles. The number of nitrogens with zero attached hydrogens (tertiary/aromatic N) is 4. The lowest BCUT2D eigenvalue weighted by Crippen LogP contribution is -2.90. The van der Waals surface area contributed by atoms with Crippen molar-refractivity contribution in [2.75, 3.05) is 55.4 Å². The second-order valence-electron chi connectivity index (χ2n) is 8.67. The Bertz CT molecular complexity index is 987. The molecule has 4 N–H and O–H groups in total. The van der Waals surface area contributed by atoms with Gasteiger partial charge in [-0.2, -0.15) is 4.98 Å². The Balaban J connectivity index is 1.49. The number of ether oxygens (including phenoxy) is 1. The first-order valence-corrected chi connectivity index (χ1v) is 12.0. The van der Waals surface area contributed by atoms with Crippen LogP contribution in [0.15, 0.2) is 30.5 Å². The average Bonchev–Trinajstić information content (AvgIpc) is 3.38. The van der Waals surface area contributed by atoms with Gasteiger partial charge in [-0.3, -0.25) is 15.0 Å². The van der Waals surface area contributed by atoms with Gasteiger partial charge in [-0.25, -0.2) is 9.78 Å². The van der Waals surface area contributed by atoms with E-state index in [4.69, 9.17) is 9.72 Å². The second kappa shape index (κ2) is 11.3. The molecule has 0 atom stereocenters. The van der Waals surface area contributed by atoms with E-state index >= 15 is 0 Å². The van der Waals surface area contributed by atoms with Crippen LogP contribution in [-0.4, -0.2) is 72.7 Å². The Labute approximate surface area is 200 Å². The largest absolute Gasteiger partial charge is 0.420 e. The minimum Gasteiger partial charge on any atom is -0.378 e. The SMILES string of the molecule is CC[NH2+]C(=O)N(C)c1cnc(Nc2ccc(C(=O)N3CCOCC3)cc2)nc1NC1CCCC1. The summed E-state index contributed by atoms with van der Waals surface area (Å²) in [4.78, 5) is 37.6. The minimum absolute atomic E-state index is 0.00934. The molecule has 0 spiro atoms. The molecule has 1 aliphatic heterocycles. The van der Waals surface area contributed by atoms with Crippen molar-refractivity contribution in [2.45, 2.75) is 38.6 Å². The van der Waals surface area contributed by atoms with Crippen LogP contribution in [0.3, 0.4) is 0 Å². The molecule has 1 aromatic carbocycles. The molecule has 2 fully saturated rings. The van der Waals surface area contributed by atoms with Gasteiger partial charge in [-0.05, 0) is 44.0 Å². The molecule has 2 aliphatic rings. The predicted molar refractivity (Wildman–Crippen MR) is 131 cm³/mol. The lowest BCUT2D eigenvalue weighted by atomic mass is 10.1. The highest BCUT2D eigenvalue weighted by molar-refractivity contribution is 5.94. The summed E-state index contributed by atoms with van der Waals surface area (Å²) in [6, 6.07) is 7.56. The summed E-state index contributed by atoms with van der Waals surface area (Å²) in [5.41, 5.74) is 2.07. The number of amides is 3. The molecule has 10 nitrogen and oxygen atoms in total. The van der Waals surface area contributed by atoms with E-state index in [1.807, 2.05) is 24.0 Å². The number of quaternary nitrogens is 1. The normalized spacial score (nSPS) is 16.4. The number of carbonyl (C=O) groups is 2. The van der Waals surface area contributed by atoms with Gasteiger partial charge in [0.2, 0.25) is 5.95 Å². The number of nitrogens with one attached hydrogen (secondary N) is 2. The van der Waals surface area contributed by atoms with Crippen LogP contribution in [0.2, 0.25) is 0 Å². The van der Waals surface area contributed by atoms with Gasteiger partial charge >= 0.3 is 6.03 Å². The van der Waals surface area contributed by atoms with Crippen molar-refractivity contribution in [1.29, 1.82) is 0 Å². The molecule has 182 valence electrons. The van der Waals surface area contributed by atoms with Crippen molar-refractivity contribution in [3.63, 3.8) is 0 Å². The molecule has 0 radical (unpaired) electrons. The Morgan fingerprint density at radius 2 is 1.88 bits per heavy atom. The first kappa shape index (κ1) is 23.9. The Hall–Kier alpha value is -3.24. The highest BCUT2D eigenvalue weighted by Gasteiger charge is 2.23. The van der Waals surface area contributed by atoms with Gasteiger partial charge in [0, 0.05) is 37.4 Å². The topological polar surface area (TPSA) is 116 Å². The summed E-state index contributed by atoms with van der Waals surface area (Å²) >= 11 is 0. The third kappa shape index (κ3) is 5.81. The second-order valence-corrected chi connectivity index (χ2v) is 8.67. The Morgan fingerprint density at radius 3 is 2.56 bits per heavy atom. The van der Waals surface area contributed by atoms with Gasteiger partial charge in [-0.1, -0.05) is 12.8 Å². The molecule has 0 unspecified atom stereocenters. The van der Waals surface area contributed by atoms with Gasteiger partial charge in [0.05, 0.1) is 26.0 Å². The molecular weight excluding hydrogens is 434 g/mol. The first-order chi connectivity index (χ1) is 16.5. The van der Waals surface area contributed by atoms with Crippen molar-refractivity contribution < 1.29 is 19.6 Å². The van der Waals surface area contributed by atoms with E-state index in [0.717, 1.165) is 18.5 Å². The third-order valence-electron chi connectivity index (χ3n) is 6.22. The summed E-state index contributed by atoms with van der Waals surface area (Å²) in [5, 5.41) is 8.38. The van der Waals surface area contributed by atoms with Crippen LogP contribution in [0.1, 0.15) is 43.0 Å². The van der Waals surface area contributed by atoms with Crippen LogP contribution in [0, 0.1) is 0 Å². The van der Waals surface area contributed by atoms with Gasteiger partial charge < -0.3 is 20.3 Å². The lowest BCUT2D eigenvalue weighted by Gasteiger charge is -2.26. The third-order valence-corrected chi connectivity index (χ3v) is 6.22. The summed E-state index contributed by atoms with van der Waals surface area (Å²) < 4.78 is 5.32. The molecule has 1 aromatic heterocycles. The maximum absolute atomic E-state index is 12.7. The number of urea groups is 1. The molecular formula is C24H34N7O3+. The smallest absolute Gasteiger partial charge is 0.378 e. The number of carbonyl (C=O) groups excluding carboxylic acids is 2. The lowest BCUT2D eigenvalue weighted by molar-refractivity contribution is -0.550. The minimum atomic E-state index is -0.0817. The van der Waals surface area contributed by atoms with Crippen molar-refractivity contribution in [2.24, 2.45) is 0 Å². The number of hydrogen-bond acceptors (Lipinski definition) is 7. The first-order valence-electron chi connectivity index (χ1n) is 12.0. The van der Waals surface area contributed by atoms with Crippen LogP contribution in [0.25, 0.3) is 0 Å². The van der Waals surface area contributed by atoms with Crippen LogP contribution in [0.4, 0.5) is 27.9 Å². The summed E-state index contributed by atoms with van der Waals surface area (Å²) in [6.07, 6.45) is 6.23. The molecule has 2 aromatic rings. The summed E-state index contributed by atoms with van der Waals surface area (Å²) in [7, 11) is 1.74. The molecule has 10 heteroatoms. The van der Waals surface area contributed by atoms with Crippen molar-refractivity contribution >= 4 is 35.1 Å². The molecule has 3 amide bonds. The fraction of sp³-hybridized carbons (Fsp3) is 0.500. The standard InChI is InChI=1S/C24H33N7O3/c1-3-25-24(33)30(2)20-16-26-23(29-21(20)27-18-6-4-5-7-18)28-19-10-8-17(9-11-19)22(32)31-12-14-34-15-13-31/h8-11,16,18H,3-7,12-15H2,1-2H3,(H,25,33)(H2,26,27,28,29)/p+1. The number of morpholine rings is 1. The zero-order valence-corrected chi connectivity index (χ0v) is 19.9. The van der Waals surface area contributed by atoms with Gasteiger partial charge in [0.1, 0.15) is 5.69 Å². The molecule has 4 rings (SSSR count). The highest BCUT2D eigenvalue weighted by Crippen LogP contribution is 2.29. The number of anilines is 4. The Morgan fingerprint density at radius 1 is 1.18 bits per heavy atom. The summed E-state index contributed by atoms with van der Waals surface area (Å²) in [6.45, 7) is 4.98. The van der Waals surface area contributed by atoms with Crippen LogP contribution in [-0.2, 0) is 4.74 Å². The molecule has 34 heavy (non-hydrogen) atoms. The van der Waals surface area contributed by atoms with Crippen molar-refractivity contribution in [1.82, 2.24) is 14.9 Å². The number of hydrogen-bond donors (Lipinski definition) is 3.